The van der Waals surface area contributed by atoms with Gasteiger partial charge in [-0.3, -0.25) is 4.90 Å². The summed E-state index contributed by atoms with van der Waals surface area (Å²) < 4.78 is 5.31. The molecule has 0 fully saturated rings. The first-order valence-electron chi connectivity index (χ1n) is 8.27. The summed E-state index contributed by atoms with van der Waals surface area (Å²) in [6.45, 7) is 9.07. The van der Waals surface area contributed by atoms with E-state index in [-0.39, 0.29) is 5.41 Å². The van der Waals surface area contributed by atoms with Gasteiger partial charge >= 0.3 is 0 Å². The summed E-state index contributed by atoms with van der Waals surface area (Å²) in [5, 5.41) is 0.699. The quantitative estimate of drug-likeness (QED) is 0.843. The number of halogens is 1. The number of hydrogen-bond acceptors (Lipinski definition) is 4. The van der Waals surface area contributed by atoms with Crippen LogP contribution >= 0.6 is 11.6 Å². The number of benzene rings is 1. The molecule has 128 valence electrons. The predicted molar refractivity (Wildman–Crippen MR) is 96.6 cm³/mol. The van der Waals surface area contributed by atoms with Gasteiger partial charge in [0.05, 0.1) is 12.1 Å². The minimum Gasteiger partial charge on any atom is -0.495 e. The van der Waals surface area contributed by atoms with Crippen molar-refractivity contribution in [1.29, 1.82) is 0 Å². The molecule has 1 aromatic heterocycles. The molecule has 0 amide bonds. The minimum atomic E-state index is -0.0136. The third-order valence-corrected chi connectivity index (χ3v) is 4.77. The fourth-order valence-corrected chi connectivity index (χ4v) is 3.21. The molecule has 2 heterocycles. The Bertz CT molecular complexity index is 740. The average molecular weight is 346 g/mol. The first kappa shape index (κ1) is 17.2. The Morgan fingerprint density at radius 1 is 1.29 bits per heavy atom. The van der Waals surface area contributed by atoms with Crippen LogP contribution in [-0.2, 0) is 24.9 Å². The molecule has 5 heteroatoms. The molecule has 0 spiro atoms. The molecule has 2 aromatic rings. The molecule has 0 saturated heterocycles. The lowest BCUT2D eigenvalue weighted by Crippen LogP contribution is -2.32. The fourth-order valence-electron chi connectivity index (χ4n) is 2.95. The van der Waals surface area contributed by atoms with E-state index in [1.807, 2.05) is 18.3 Å². The lowest BCUT2D eigenvalue weighted by atomic mass is 9.95. The smallest absolute Gasteiger partial charge is 0.137 e. The second-order valence-electron chi connectivity index (χ2n) is 7.31. The number of nitrogens with zero attached hydrogens (tertiary/aromatic N) is 3. The number of ether oxygens (including phenoxy) is 1. The zero-order chi connectivity index (χ0) is 17.3. The maximum Gasteiger partial charge on any atom is 0.137 e. The van der Waals surface area contributed by atoms with Crippen molar-refractivity contribution in [1.82, 2.24) is 14.9 Å². The van der Waals surface area contributed by atoms with Gasteiger partial charge in [-0.2, -0.15) is 0 Å². The van der Waals surface area contributed by atoms with E-state index in [1.54, 1.807) is 7.11 Å². The monoisotopic (exact) mass is 345 g/mol. The second kappa shape index (κ2) is 6.69. The van der Waals surface area contributed by atoms with Gasteiger partial charge in [-0.15, -0.1) is 0 Å². The van der Waals surface area contributed by atoms with E-state index in [2.05, 4.69) is 36.7 Å². The Morgan fingerprint density at radius 3 is 2.79 bits per heavy atom. The Morgan fingerprint density at radius 2 is 2.08 bits per heavy atom. The van der Waals surface area contributed by atoms with Crippen LogP contribution in [0.25, 0.3) is 0 Å². The van der Waals surface area contributed by atoms with Gasteiger partial charge in [0, 0.05) is 48.9 Å². The third kappa shape index (κ3) is 3.55. The van der Waals surface area contributed by atoms with E-state index in [9.17, 15) is 0 Å². The zero-order valence-corrected chi connectivity index (χ0v) is 15.5. The SMILES string of the molecule is COc1cccc(CN2CCc3nc(C(C)(C)C)ncc3C2)c1Cl. The van der Waals surface area contributed by atoms with Gasteiger partial charge in [0.25, 0.3) is 0 Å². The number of aromatic nitrogens is 2. The number of hydrogen-bond donors (Lipinski definition) is 0. The highest BCUT2D eigenvalue weighted by Crippen LogP contribution is 2.30. The van der Waals surface area contributed by atoms with Crippen molar-refractivity contribution < 1.29 is 4.74 Å². The van der Waals surface area contributed by atoms with Gasteiger partial charge < -0.3 is 4.74 Å². The van der Waals surface area contributed by atoms with Gasteiger partial charge in [0.2, 0.25) is 0 Å². The molecular weight excluding hydrogens is 322 g/mol. The van der Waals surface area contributed by atoms with E-state index < -0.39 is 0 Å². The van der Waals surface area contributed by atoms with Gasteiger partial charge in [0.1, 0.15) is 11.6 Å². The van der Waals surface area contributed by atoms with E-state index in [0.29, 0.717) is 5.02 Å². The van der Waals surface area contributed by atoms with Gasteiger partial charge in [-0.25, -0.2) is 9.97 Å². The highest BCUT2D eigenvalue weighted by molar-refractivity contribution is 6.32. The van der Waals surface area contributed by atoms with E-state index in [4.69, 9.17) is 21.3 Å². The molecule has 3 rings (SSSR count). The predicted octanol–water partition coefficient (Wildman–Crippen LogP) is 3.99. The summed E-state index contributed by atoms with van der Waals surface area (Å²) in [4.78, 5) is 11.7. The summed E-state index contributed by atoms with van der Waals surface area (Å²) in [6, 6.07) is 5.93. The zero-order valence-electron chi connectivity index (χ0n) is 14.8. The van der Waals surface area contributed by atoms with Crippen LogP contribution in [0.15, 0.2) is 24.4 Å². The van der Waals surface area contributed by atoms with Crippen LogP contribution in [0.3, 0.4) is 0 Å². The maximum atomic E-state index is 6.42. The Hall–Kier alpha value is -1.65. The van der Waals surface area contributed by atoms with Crippen LogP contribution < -0.4 is 4.74 Å². The topological polar surface area (TPSA) is 38.2 Å². The number of rotatable bonds is 3. The first-order chi connectivity index (χ1) is 11.4. The minimum absolute atomic E-state index is 0.0136. The normalized spacial score (nSPS) is 15.2. The molecule has 0 atom stereocenters. The maximum absolute atomic E-state index is 6.42. The second-order valence-corrected chi connectivity index (χ2v) is 7.69. The van der Waals surface area contributed by atoms with Crippen molar-refractivity contribution in [2.75, 3.05) is 13.7 Å². The Balaban J connectivity index is 1.76. The third-order valence-electron chi connectivity index (χ3n) is 4.34. The van der Waals surface area contributed by atoms with Crippen molar-refractivity contribution in [2.45, 2.75) is 45.7 Å². The molecule has 0 radical (unpaired) electrons. The molecule has 0 aliphatic carbocycles. The first-order valence-corrected chi connectivity index (χ1v) is 8.65. The molecule has 0 bridgehead atoms. The Kier molecular flexibility index (Phi) is 4.79. The Labute approximate surface area is 148 Å². The van der Waals surface area contributed by atoms with E-state index in [1.165, 1.54) is 11.3 Å². The largest absolute Gasteiger partial charge is 0.495 e. The van der Waals surface area contributed by atoms with Gasteiger partial charge in [-0.1, -0.05) is 44.5 Å². The van der Waals surface area contributed by atoms with Gasteiger partial charge in [0.15, 0.2) is 0 Å². The highest BCUT2D eigenvalue weighted by Gasteiger charge is 2.23. The highest BCUT2D eigenvalue weighted by atomic mass is 35.5. The van der Waals surface area contributed by atoms with Crippen molar-refractivity contribution in [3.8, 4) is 5.75 Å². The summed E-state index contributed by atoms with van der Waals surface area (Å²) in [5.74, 6) is 1.65. The molecule has 24 heavy (non-hydrogen) atoms. The van der Waals surface area contributed by atoms with Crippen LogP contribution in [0.4, 0.5) is 0 Å². The van der Waals surface area contributed by atoms with E-state index in [0.717, 1.165) is 43.2 Å². The molecule has 1 aliphatic heterocycles. The van der Waals surface area contributed by atoms with Gasteiger partial charge in [-0.05, 0) is 11.6 Å². The molecule has 4 nitrogen and oxygen atoms in total. The van der Waals surface area contributed by atoms with Crippen molar-refractivity contribution in [3.63, 3.8) is 0 Å². The molecule has 1 aromatic carbocycles. The van der Waals surface area contributed by atoms with Crippen LogP contribution in [0.2, 0.25) is 5.02 Å². The molecule has 0 N–H and O–H groups in total. The lowest BCUT2D eigenvalue weighted by molar-refractivity contribution is 0.242. The molecular formula is C19H24ClN3O. The van der Waals surface area contributed by atoms with Crippen molar-refractivity contribution >= 4 is 11.6 Å². The van der Waals surface area contributed by atoms with Crippen molar-refractivity contribution in [3.05, 3.63) is 52.1 Å². The average Bonchev–Trinajstić information content (AvgIpc) is 2.55. The fraction of sp³-hybridized carbons (Fsp3) is 0.474. The molecule has 0 unspecified atom stereocenters. The van der Waals surface area contributed by atoms with Crippen LogP contribution in [0.1, 0.15) is 43.4 Å². The van der Waals surface area contributed by atoms with Crippen LogP contribution in [0, 0.1) is 0 Å². The van der Waals surface area contributed by atoms with E-state index >= 15 is 0 Å². The summed E-state index contributed by atoms with van der Waals surface area (Å²) >= 11 is 6.42. The molecule has 0 saturated carbocycles. The summed E-state index contributed by atoms with van der Waals surface area (Å²) in [7, 11) is 1.65. The lowest BCUT2D eigenvalue weighted by Gasteiger charge is -2.29. The van der Waals surface area contributed by atoms with Crippen molar-refractivity contribution in [2.24, 2.45) is 0 Å². The van der Waals surface area contributed by atoms with Crippen LogP contribution in [-0.4, -0.2) is 28.5 Å². The standard InChI is InChI=1S/C19H24ClN3O/c1-19(2,3)18-21-10-14-12-23(9-8-15(14)22-18)11-13-6-5-7-16(24-4)17(13)20/h5-7,10H,8-9,11-12H2,1-4H3. The van der Waals surface area contributed by atoms with Crippen LogP contribution in [0.5, 0.6) is 5.75 Å². The number of methoxy groups -OCH3 is 1. The summed E-state index contributed by atoms with van der Waals surface area (Å²) in [6.07, 6.45) is 2.94. The number of fused-ring (bicyclic) bond motifs is 1. The molecule has 1 aliphatic rings. The summed E-state index contributed by atoms with van der Waals surface area (Å²) in [5.41, 5.74) is 3.48.